The van der Waals surface area contributed by atoms with Crippen LogP contribution in [0.25, 0.3) is 22.2 Å². The molecule has 0 aliphatic rings. The van der Waals surface area contributed by atoms with Gasteiger partial charge in [-0.15, -0.1) is 4.72 Å². The standard InChI is InChI=1S/C25H26BrN3O2S/c1-16-8-7-9-18(27-16)15-22(29-32(30)25(2,3)4)19-10-5-6-11-20(19)24-21-13-12-17(26)14-23(21)31-28-24/h5-14,22,29H,15H2,1-4H3/t22?,32-/m0/s1. The van der Waals surface area contributed by atoms with Crippen LogP contribution in [0.4, 0.5) is 0 Å². The predicted molar refractivity (Wildman–Crippen MR) is 134 cm³/mol. The summed E-state index contributed by atoms with van der Waals surface area (Å²) in [7, 11) is 0. The molecule has 2 aromatic carbocycles. The zero-order valence-corrected chi connectivity index (χ0v) is 21.0. The van der Waals surface area contributed by atoms with Gasteiger partial charge in [0.05, 0.1) is 6.04 Å². The molecule has 0 radical (unpaired) electrons. The fourth-order valence-electron chi connectivity index (χ4n) is 3.57. The fourth-order valence-corrected chi connectivity index (χ4v) is 4.73. The summed E-state index contributed by atoms with van der Waals surface area (Å²) in [6.07, 6.45) is 0.599. The van der Waals surface area contributed by atoms with E-state index in [1.54, 1.807) is 0 Å². The molecule has 1 unspecified atom stereocenters. The number of rotatable bonds is 6. The molecule has 2 heterocycles. The summed E-state index contributed by atoms with van der Waals surface area (Å²) >= 11 is 2.23. The van der Waals surface area contributed by atoms with Gasteiger partial charge in [-0.25, -0.2) is 0 Å². The Morgan fingerprint density at radius 2 is 1.88 bits per heavy atom. The molecule has 4 rings (SSSR count). The summed E-state index contributed by atoms with van der Waals surface area (Å²) in [5, 5.41) is 5.32. The van der Waals surface area contributed by atoms with Crippen molar-refractivity contribution < 1.29 is 9.08 Å². The number of aromatic nitrogens is 2. The monoisotopic (exact) mass is 511 g/mol. The SMILES string of the molecule is Cc1cccc(CC(N[S@@+]([O-])C(C)(C)C)c2ccccc2-c2noc3cc(Br)ccc23)n1. The maximum Gasteiger partial charge on any atom is 0.168 e. The third kappa shape index (κ3) is 5.07. The highest BCUT2D eigenvalue weighted by Crippen LogP contribution is 2.35. The lowest BCUT2D eigenvalue weighted by molar-refractivity contribution is 0.459. The summed E-state index contributed by atoms with van der Waals surface area (Å²) in [5.41, 5.74) is 5.34. The number of hydrogen-bond donors (Lipinski definition) is 1. The van der Waals surface area contributed by atoms with Crippen molar-refractivity contribution in [1.82, 2.24) is 14.9 Å². The summed E-state index contributed by atoms with van der Waals surface area (Å²) in [6.45, 7) is 7.87. The molecular formula is C25H26BrN3O2S. The highest BCUT2D eigenvalue weighted by molar-refractivity contribution is 9.10. The molecule has 2 atom stereocenters. The summed E-state index contributed by atoms with van der Waals surface area (Å²) in [4.78, 5) is 4.68. The number of pyridine rings is 1. The lowest BCUT2D eigenvalue weighted by atomic mass is 9.94. The maximum absolute atomic E-state index is 13.1. The Morgan fingerprint density at radius 1 is 1.09 bits per heavy atom. The third-order valence-corrected chi connectivity index (χ3v) is 7.29. The van der Waals surface area contributed by atoms with Gasteiger partial charge in [0.25, 0.3) is 0 Å². The van der Waals surface area contributed by atoms with E-state index in [-0.39, 0.29) is 6.04 Å². The van der Waals surface area contributed by atoms with E-state index in [4.69, 9.17) is 4.52 Å². The van der Waals surface area contributed by atoms with Crippen LogP contribution in [-0.4, -0.2) is 19.4 Å². The first-order chi connectivity index (χ1) is 15.2. The lowest BCUT2D eigenvalue weighted by Crippen LogP contribution is -2.42. The van der Waals surface area contributed by atoms with Gasteiger partial charge in [-0.05, 0) is 63.6 Å². The zero-order chi connectivity index (χ0) is 22.9. The average Bonchev–Trinajstić information content (AvgIpc) is 3.15. The van der Waals surface area contributed by atoms with Crippen LogP contribution >= 0.6 is 15.9 Å². The fraction of sp³-hybridized carbons (Fsp3) is 0.280. The van der Waals surface area contributed by atoms with Crippen molar-refractivity contribution >= 4 is 38.3 Å². The summed E-state index contributed by atoms with van der Waals surface area (Å²) < 4.78 is 22.6. The van der Waals surface area contributed by atoms with Crippen molar-refractivity contribution in [3.8, 4) is 11.3 Å². The van der Waals surface area contributed by atoms with Crippen LogP contribution < -0.4 is 4.72 Å². The maximum atomic E-state index is 13.1. The second-order valence-electron chi connectivity index (χ2n) is 8.78. The number of hydrogen-bond acceptors (Lipinski definition) is 5. The van der Waals surface area contributed by atoms with Crippen LogP contribution in [0.2, 0.25) is 0 Å². The van der Waals surface area contributed by atoms with E-state index >= 15 is 0 Å². The Labute approximate surface area is 200 Å². The Morgan fingerprint density at radius 3 is 2.62 bits per heavy atom. The molecule has 0 fully saturated rings. The van der Waals surface area contributed by atoms with Crippen LogP contribution in [0.5, 0.6) is 0 Å². The van der Waals surface area contributed by atoms with Crippen LogP contribution in [0, 0.1) is 6.92 Å². The molecule has 0 aliphatic carbocycles. The number of nitrogens with one attached hydrogen (secondary N) is 1. The zero-order valence-electron chi connectivity index (χ0n) is 18.6. The largest absolute Gasteiger partial charge is 0.598 e. The lowest BCUT2D eigenvalue weighted by Gasteiger charge is -2.29. The molecule has 0 amide bonds. The van der Waals surface area contributed by atoms with Gasteiger partial charge >= 0.3 is 0 Å². The van der Waals surface area contributed by atoms with E-state index in [0.29, 0.717) is 12.0 Å². The topological polar surface area (TPSA) is 74.0 Å². The molecule has 0 spiro atoms. The van der Waals surface area contributed by atoms with Gasteiger partial charge in [-0.1, -0.05) is 51.4 Å². The molecule has 0 aliphatic heterocycles. The first kappa shape index (κ1) is 23.0. The highest BCUT2D eigenvalue weighted by Gasteiger charge is 2.31. The van der Waals surface area contributed by atoms with Crippen molar-refractivity contribution in [2.24, 2.45) is 0 Å². The minimum absolute atomic E-state index is 0.220. The van der Waals surface area contributed by atoms with Crippen molar-refractivity contribution in [3.05, 3.63) is 82.1 Å². The van der Waals surface area contributed by atoms with Crippen molar-refractivity contribution in [2.45, 2.75) is 44.9 Å². The molecule has 2 aromatic heterocycles. The number of nitrogens with zero attached hydrogens (tertiary/aromatic N) is 2. The van der Waals surface area contributed by atoms with Gasteiger partial charge in [0.15, 0.2) is 5.58 Å². The number of aryl methyl sites for hydroxylation is 1. The molecule has 0 saturated heterocycles. The summed E-state index contributed by atoms with van der Waals surface area (Å²) in [6, 6.07) is 19.7. The average molecular weight is 512 g/mol. The van der Waals surface area contributed by atoms with Gasteiger partial charge in [0.2, 0.25) is 0 Å². The van der Waals surface area contributed by atoms with Gasteiger partial charge in [-0.2, -0.15) is 0 Å². The van der Waals surface area contributed by atoms with Crippen LogP contribution in [-0.2, 0) is 17.8 Å². The molecule has 1 N–H and O–H groups in total. The summed E-state index contributed by atoms with van der Waals surface area (Å²) in [5.74, 6) is 0. The Bertz CT molecular complexity index is 1240. The number of halogens is 1. The van der Waals surface area contributed by atoms with Crippen molar-refractivity contribution in [3.63, 3.8) is 0 Å². The molecule has 5 nitrogen and oxygen atoms in total. The molecule has 0 bridgehead atoms. The molecule has 166 valence electrons. The molecule has 7 heteroatoms. The van der Waals surface area contributed by atoms with Crippen molar-refractivity contribution in [2.75, 3.05) is 0 Å². The van der Waals surface area contributed by atoms with E-state index < -0.39 is 16.1 Å². The van der Waals surface area contributed by atoms with E-state index in [2.05, 4.69) is 36.9 Å². The van der Waals surface area contributed by atoms with Crippen LogP contribution in [0.3, 0.4) is 0 Å². The van der Waals surface area contributed by atoms with Gasteiger partial charge in [-0.3, -0.25) is 4.98 Å². The molecule has 32 heavy (non-hydrogen) atoms. The van der Waals surface area contributed by atoms with Crippen LogP contribution in [0.1, 0.15) is 43.8 Å². The minimum Gasteiger partial charge on any atom is -0.598 e. The first-order valence-electron chi connectivity index (χ1n) is 10.5. The first-order valence-corrected chi connectivity index (χ1v) is 12.4. The van der Waals surface area contributed by atoms with Crippen molar-refractivity contribution in [1.29, 1.82) is 0 Å². The number of benzene rings is 2. The smallest absolute Gasteiger partial charge is 0.168 e. The third-order valence-electron chi connectivity index (χ3n) is 5.19. The molecule has 0 saturated carbocycles. The van der Waals surface area contributed by atoms with E-state index in [1.165, 1.54) is 0 Å². The Kier molecular flexibility index (Phi) is 6.72. The Hall–Kier alpha value is -2.19. The van der Waals surface area contributed by atoms with E-state index in [9.17, 15) is 4.55 Å². The number of fused-ring (bicyclic) bond motifs is 1. The second-order valence-corrected chi connectivity index (χ2v) is 11.7. The van der Waals surface area contributed by atoms with Crippen LogP contribution in [0.15, 0.2) is 69.7 Å². The minimum atomic E-state index is -1.26. The van der Waals surface area contributed by atoms with Gasteiger partial charge < -0.3 is 9.08 Å². The second kappa shape index (κ2) is 9.35. The predicted octanol–water partition coefficient (Wildman–Crippen LogP) is 6.30. The Balaban J connectivity index is 1.80. The van der Waals surface area contributed by atoms with Gasteiger partial charge in [0.1, 0.15) is 10.4 Å². The normalized spacial score (nSPS) is 13.9. The molecule has 4 aromatic rings. The molecular weight excluding hydrogens is 486 g/mol. The van der Waals surface area contributed by atoms with E-state index in [0.717, 1.165) is 38.1 Å². The quantitative estimate of drug-likeness (QED) is 0.307. The van der Waals surface area contributed by atoms with Gasteiger partial charge in [0, 0.05) is 44.6 Å². The highest BCUT2D eigenvalue weighted by atomic mass is 79.9. The van der Waals surface area contributed by atoms with E-state index in [1.807, 2.05) is 82.3 Å².